The third-order valence-corrected chi connectivity index (χ3v) is 5.03. The number of allylic oxidation sites excluding steroid dienone is 2. The van der Waals surface area contributed by atoms with Crippen LogP contribution < -0.4 is 0 Å². The van der Waals surface area contributed by atoms with Gasteiger partial charge in [0, 0.05) is 0 Å². The van der Waals surface area contributed by atoms with E-state index in [9.17, 15) is 4.39 Å². The second-order valence-corrected chi connectivity index (χ2v) is 6.77. The lowest BCUT2D eigenvalue weighted by molar-refractivity contribution is 0.265. The summed E-state index contributed by atoms with van der Waals surface area (Å²) in [5.74, 6) is 1.69. The van der Waals surface area contributed by atoms with Crippen molar-refractivity contribution in [1.29, 1.82) is 5.26 Å². The topological polar surface area (TPSA) is 23.8 Å². The molecule has 0 aliphatic heterocycles. The van der Waals surface area contributed by atoms with Crippen molar-refractivity contribution in [3.05, 3.63) is 47.5 Å². The maximum absolute atomic E-state index is 12.0. The summed E-state index contributed by atoms with van der Waals surface area (Å²) >= 11 is 0. The van der Waals surface area contributed by atoms with Crippen LogP contribution in [0.15, 0.2) is 36.4 Å². The smallest absolute Gasteiger partial charge is 0.0991 e. The van der Waals surface area contributed by atoms with Crippen LogP contribution >= 0.6 is 0 Å². The molecule has 0 bridgehead atoms. The molecule has 0 heterocycles. The summed E-state index contributed by atoms with van der Waals surface area (Å²) in [6.07, 6.45) is 14.9. The van der Waals surface area contributed by atoms with Crippen molar-refractivity contribution in [3.8, 4) is 6.07 Å². The summed E-state index contributed by atoms with van der Waals surface area (Å²) in [7, 11) is 0. The summed E-state index contributed by atoms with van der Waals surface area (Å²) in [6.45, 7) is -0.200. The fraction of sp³-hybridized carbons (Fsp3) is 0.571. The van der Waals surface area contributed by atoms with Crippen LogP contribution in [0.25, 0.3) is 0 Å². The van der Waals surface area contributed by atoms with Gasteiger partial charge in [-0.3, -0.25) is 4.39 Å². The van der Waals surface area contributed by atoms with Crippen molar-refractivity contribution < 1.29 is 4.39 Å². The van der Waals surface area contributed by atoms with Crippen molar-refractivity contribution in [2.75, 3.05) is 6.67 Å². The number of hydrogen-bond acceptors (Lipinski definition) is 1. The second-order valence-electron chi connectivity index (χ2n) is 6.77. The van der Waals surface area contributed by atoms with Gasteiger partial charge in [0.2, 0.25) is 0 Å². The molecule has 1 aliphatic rings. The Hall–Kier alpha value is -1.62. The largest absolute Gasteiger partial charge is 0.251 e. The molecule has 1 saturated carbocycles. The molecule has 0 N–H and O–H groups in total. The van der Waals surface area contributed by atoms with Gasteiger partial charge in [-0.25, -0.2) is 0 Å². The van der Waals surface area contributed by atoms with Gasteiger partial charge in [-0.05, 0) is 74.5 Å². The van der Waals surface area contributed by atoms with Gasteiger partial charge in [-0.2, -0.15) is 5.26 Å². The van der Waals surface area contributed by atoms with Gasteiger partial charge in [0.15, 0.2) is 0 Å². The van der Waals surface area contributed by atoms with Gasteiger partial charge in [0.25, 0.3) is 0 Å². The second kappa shape index (κ2) is 10.2. The van der Waals surface area contributed by atoms with Crippen molar-refractivity contribution in [2.45, 2.75) is 57.8 Å². The van der Waals surface area contributed by atoms with Gasteiger partial charge in [-0.15, -0.1) is 0 Å². The normalized spacial score (nSPS) is 21.4. The van der Waals surface area contributed by atoms with Crippen LogP contribution in [0.5, 0.6) is 0 Å². The lowest BCUT2D eigenvalue weighted by Crippen LogP contribution is -2.14. The van der Waals surface area contributed by atoms with E-state index in [1.165, 1.54) is 44.1 Å². The number of aryl methyl sites for hydroxylation is 1. The first-order valence-electron chi connectivity index (χ1n) is 9.02. The Morgan fingerprint density at radius 1 is 1.04 bits per heavy atom. The first-order chi connectivity index (χ1) is 11.3. The zero-order valence-electron chi connectivity index (χ0n) is 14.0. The summed E-state index contributed by atoms with van der Waals surface area (Å²) in [5.41, 5.74) is 2.09. The number of alkyl halides is 1. The van der Waals surface area contributed by atoms with Crippen LogP contribution in [0.2, 0.25) is 0 Å². The maximum Gasteiger partial charge on any atom is 0.0991 e. The number of nitrogens with zero attached hydrogens (tertiary/aromatic N) is 1. The van der Waals surface area contributed by atoms with E-state index >= 15 is 0 Å². The van der Waals surface area contributed by atoms with Crippen molar-refractivity contribution in [1.82, 2.24) is 0 Å². The molecule has 1 aromatic carbocycles. The molecule has 1 nitrogen and oxygen atoms in total. The van der Waals surface area contributed by atoms with Crippen LogP contribution in [-0.4, -0.2) is 6.67 Å². The lowest BCUT2D eigenvalue weighted by Gasteiger charge is -2.28. The molecule has 0 amide bonds. The van der Waals surface area contributed by atoms with E-state index in [-0.39, 0.29) is 6.67 Å². The molecule has 23 heavy (non-hydrogen) atoms. The summed E-state index contributed by atoms with van der Waals surface area (Å²) in [4.78, 5) is 0. The van der Waals surface area contributed by atoms with E-state index < -0.39 is 0 Å². The van der Waals surface area contributed by atoms with E-state index in [0.29, 0.717) is 6.42 Å². The highest BCUT2D eigenvalue weighted by Crippen LogP contribution is 2.33. The number of halogens is 1. The lowest BCUT2D eigenvalue weighted by atomic mass is 9.78. The number of nitriles is 1. The molecular weight excluding hydrogens is 285 g/mol. The van der Waals surface area contributed by atoms with Gasteiger partial charge < -0.3 is 0 Å². The average Bonchev–Trinajstić information content (AvgIpc) is 2.61. The van der Waals surface area contributed by atoms with Crippen molar-refractivity contribution in [2.24, 2.45) is 11.8 Å². The van der Waals surface area contributed by atoms with E-state index in [4.69, 9.17) is 5.26 Å². The average molecular weight is 313 g/mol. The molecule has 0 saturated heterocycles. The fourth-order valence-electron chi connectivity index (χ4n) is 3.47. The third-order valence-electron chi connectivity index (χ3n) is 5.03. The van der Waals surface area contributed by atoms with Gasteiger partial charge in [0.1, 0.15) is 0 Å². The first-order valence-corrected chi connectivity index (χ1v) is 9.02. The quantitative estimate of drug-likeness (QED) is 0.427. The van der Waals surface area contributed by atoms with Gasteiger partial charge >= 0.3 is 0 Å². The van der Waals surface area contributed by atoms with Crippen LogP contribution in [0.1, 0.15) is 62.5 Å². The summed E-state index contributed by atoms with van der Waals surface area (Å²) < 4.78 is 12.0. The van der Waals surface area contributed by atoms with E-state index in [2.05, 4.69) is 30.4 Å². The maximum atomic E-state index is 12.0. The zero-order valence-corrected chi connectivity index (χ0v) is 14.0. The Kier molecular flexibility index (Phi) is 7.87. The Balaban J connectivity index is 1.62. The van der Waals surface area contributed by atoms with Gasteiger partial charge in [-0.1, -0.05) is 37.1 Å². The number of unbranched alkanes of at least 4 members (excludes halogenated alkanes) is 1. The Labute approximate surface area is 140 Å². The van der Waals surface area contributed by atoms with Crippen LogP contribution in [-0.2, 0) is 6.42 Å². The predicted molar refractivity (Wildman–Crippen MR) is 93.9 cm³/mol. The van der Waals surface area contributed by atoms with E-state index in [0.717, 1.165) is 30.2 Å². The Morgan fingerprint density at radius 3 is 2.39 bits per heavy atom. The van der Waals surface area contributed by atoms with Crippen LogP contribution in [0.3, 0.4) is 0 Å². The summed E-state index contributed by atoms with van der Waals surface area (Å²) in [5, 5.41) is 8.82. The molecule has 1 aromatic rings. The highest BCUT2D eigenvalue weighted by molar-refractivity contribution is 5.31. The molecule has 2 rings (SSSR count). The number of rotatable bonds is 8. The van der Waals surface area contributed by atoms with Gasteiger partial charge in [0.05, 0.1) is 18.3 Å². The zero-order chi connectivity index (χ0) is 16.3. The molecule has 0 radical (unpaired) electrons. The molecule has 124 valence electrons. The monoisotopic (exact) mass is 313 g/mol. The summed E-state index contributed by atoms with van der Waals surface area (Å²) in [6, 6.07) is 10.2. The predicted octanol–water partition coefficient (Wildman–Crippen LogP) is 5.99. The number of benzene rings is 1. The molecule has 1 fully saturated rings. The molecule has 0 aromatic heterocycles. The SMILES string of the molecule is N#Cc1ccc(CC[C@H]2CC[C@H](CC=CCCCF)CC2)cc1. The van der Waals surface area contributed by atoms with Crippen LogP contribution in [0.4, 0.5) is 4.39 Å². The Bertz CT molecular complexity index is 504. The fourth-order valence-corrected chi connectivity index (χ4v) is 3.47. The minimum absolute atomic E-state index is 0.200. The molecule has 2 heteroatoms. The molecule has 0 spiro atoms. The van der Waals surface area contributed by atoms with Crippen molar-refractivity contribution >= 4 is 0 Å². The molecule has 0 unspecified atom stereocenters. The van der Waals surface area contributed by atoms with Crippen LogP contribution in [0, 0.1) is 23.2 Å². The van der Waals surface area contributed by atoms with Crippen molar-refractivity contribution in [3.63, 3.8) is 0 Å². The standard InChI is InChI=1S/C21H28FN/c22-16-4-2-1-3-5-18-6-8-19(9-7-18)10-11-20-12-14-21(17-23)15-13-20/h1,3,12-15,18-19H,2,4-11,16H2/t18-,19-. The van der Waals surface area contributed by atoms with E-state index in [1.807, 2.05) is 12.1 Å². The molecular formula is C21H28FN. The highest BCUT2D eigenvalue weighted by Gasteiger charge is 2.20. The number of hydrogen-bond donors (Lipinski definition) is 0. The first kappa shape index (κ1) is 17.7. The molecule has 1 aliphatic carbocycles. The minimum Gasteiger partial charge on any atom is -0.251 e. The Morgan fingerprint density at radius 2 is 1.74 bits per heavy atom. The minimum atomic E-state index is -0.200. The molecule has 0 atom stereocenters. The third kappa shape index (κ3) is 6.57. The van der Waals surface area contributed by atoms with E-state index in [1.54, 1.807) is 0 Å². The highest BCUT2D eigenvalue weighted by atomic mass is 19.1.